The fraction of sp³-hybridized carbons (Fsp3) is 0.930. The van der Waals surface area contributed by atoms with Crippen LogP contribution in [-0.2, 0) is 9.53 Å². The summed E-state index contributed by atoms with van der Waals surface area (Å²) in [6.45, 7) is 9.92. The van der Waals surface area contributed by atoms with E-state index < -0.39 is 0 Å². The molecule has 0 saturated heterocycles. The van der Waals surface area contributed by atoms with Crippen LogP contribution in [-0.4, -0.2) is 12.1 Å². The van der Waals surface area contributed by atoms with E-state index in [0.717, 1.165) is 42.9 Å². The summed E-state index contributed by atoms with van der Waals surface area (Å²) in [5.41, 5.74) is 2.59. The molecular weight excluding hydrogens is 548 g/mol. The smallest absolute Gasteiger partial charge is 0.306 e. The summed E-state index contributed by atoms with van der Waals surface area (Å²) in [7, 11) is 0. The van der Waals surface area contributed by atoms with Crippen LogP contribution in [0.3, 0.4) is 0 Å². The third-order valence-corrected chi connectivity index (χ3v) is 13.9. The number of hydrogen-bond acceptors (Lipinski definition) is 2. The summed E-state index contributed by atoms with van der Waals surface area (Å²) in [5, 5.41) is 0. The van der Waals surface area contributed by atoms with Crippen LogP contribution in [0.4, 0.5) is 0 Å². The Morgan fingerprint density at radius 2 is 1.27 bits per heavy atom. The topological polar surface area (TPSA) is 26.3 Å². The van der Waals surface area contributed by atoms with Gasteiger partial charge in [0.15, 0.2) is 0 Å². The molecule has 0 spiro atoms. The van der Waals surface area contributed by atoms with Crippen molar-refractivity contribution in [2.24, 2.45) is 34.5 Å². The number of hydrogen-bond donors (Lipinski definition) is 0. The summed E-state index contributed by atoms with van der Waals surface area (Å²) < 4.78 is 6.12. The molecule has 0 bridgehead atoms. The van der Waals surface area contributed by atoms with Crippen LogP contribution >= 0.6 is 0 Å². The lowest BCUT2D eigenvalue weighted by atomic mass is 9.47. The first-order chi connectivity index (χ1) is 21.9. The zero-order valence-corrected chi connectivity index (χ0v) is 30.8. The highest BCUT2D eigenvalue weighted by molar-refractivity contribution is 5.69. The lowest BCUT2D eigenvalue weighted by molar-refractivity contribution is -0.151. The van der Waals surface area contributed by atoms with Gasteiger partial charge in [-0.1, -0.05) is 155 Å². The number of ether oxygens (including phenoxy) is 1. The van der Waals surface area contributed by atoms with Gasteiger partial charge in [0.05, 0.1) is 0 Å². The second-order valence-corrected chi connectivity index (χ2v) is 17.0. The highest BCUT2D eigenvalue weighted by Gasteiger charge is 2.58. The Labute approximate surface area is 281 Å². The van der Waals surface area contributed by atoms with Crippen LogP contribution in [0.2, 0.25) is 0 Å². The van der Waals surface area contributed by atoms with E-state index >= 15 is 0 Å². The SMILES string of the molecule is CCCCCCCCCCCCCCCC(=O)OC1CCC2(C)C(=CCC3C2CCC2(C)C(CCCCCCCC)CCC32)C1. The fourth-order valence-electron chi connectivity index (χ4n) is 11.0. The Hall–Kier alpha value is -0.790. The summed E-state index contributed by atoms with van der Waals surface area (Å²) >= 11 is 0. The predicted molar refractivity (Wildman–Crippen MR) is 193 cm³/mol. The molecule has 4 aliphatic rings. The molecular formula is C43H76O2. The van der Waals surface area contributed by atoms with Crippen molar-refractivity contribution in [2.45, 2.75) is 220 Å². The quantitative estimate of drug-likeness (QED) is 0.0680. The second kappa shape index (κ2) is 19.3. The molecule has 4 aliphatic carbocycles. The number of rotatable bonds is 22. The lowest BCUT2D eigenvalue weighted by Crippen LogP contribution is -2.50. The number of esters is 1. The minimum atomic E-state index is 0.0664. The van der Waals surface area contributed by atoms with E-state index in [4.69, 9.17) is 4.74 Å². The third kappa shape index (κ3) is 10.3. The average Bonchev–Trinajstić information content (AvgIpc) is 3.37. The zero-order chi connectivity index (χ0) is 32.0. The van der Waals surface area contributed by atoms with E-state index in [0.29, 0.717) is 17.3 Å². The van der Waals surface area contributed by atoms with E-state index in [2.05, 4.69) is 33.8 Å². The van der Waals surface area contributed by atoms with E-state index in [1.165, 1.54) is 161 Å². The molecule has 0 amide bonds. The number of allylic oxidation sites excluding steroid dienone is 1. The van der Waals surface area contributed by atoms with Crippen LogP contribution in [0.25, 0.3) is 0 Å². The van der Waals surface area contributed by atoms with Crippen molar-refractivity contribution in [3.63, 3.8) is 0 Å². The third-order valence-electron chi connectivity index (χ3n) is 13.9. The maximum atomic E-state index is 12.8. The molecule has 0 aromatic heterocycles. The maximum Gasteiger partial charge on any atom is 0.306 e. The van der Waals surface area contributed by atoms with E-state index in [1.807, 2.05) is 0 Å². The van der Waals surface area contributed by atoms with Crippen molar-refractivity contribution < 1.29 is 9.53 Å². The van der Waals surface area contributed by atoms with Crippen molar-refractivity contribution in [3.05, 3.63) is 11.6 Å². The molecule has 7 atom stereocenters. The Bertz CT molecular complexity index is 875. The normalized spacial score (nSPS) is 32.4. The Balaban J connectivity index is 1.12. The predicted octanol–water partition coefficient (Wildman–Crippen LogP) is 13.7. The Morgan fingerprint density at radius 1 is 0.689 bits per heavy atom. The standard InChI is InChI=1S/C43H76O2/c1-5-7-9-11-13-14-15-16-17-18-19-21-23-25-41(44)45-37-30-32-43(4)36(34-37)26-28-38-39-29-27-35(24-22-20-12-10-8-6-2)42(39,3)33-31-40(38)43/h26,35,37-40H,5-25,27-34H2,1-4H3. The first-order valence-electron chi connectivity index (χ1n) is 20.8. The van der Waals surface area contributed by atoms with Gasteiger partial charge < -0.3 is 4.74 Å². The first kappa shape index (κ1) is 37.0. The highest BCUT2D eigenvalue weighted by atomic mass is 16.5. The minimum Gasteiger partial charge on any atom is -0.462 e. The molecule has 4 rings (SSSR count). The van der Waals surface area contributed by atoms with E-state index in [1.54, 1.807) is 5.57 Å². The van der Waals surface area contributed by atoms with Gasteiger partial charge in [0.25, 0.3) is 0 Å². The van der Waals surface area contributed by atoms with E-state index in [-0.39, 0.29) is 12.1 Å². The minimum absolute atomic E-state index is 0.0664. The average molecular weight is 625 g/mol. The van der Waals surface area contributed by atoms with Gasteiger partial charge in [-0.15, -0.1) is 0 Å². The van der Waals surface area contributed by atoms with Crippen LogP contribution < -0.4 is 0 Å². The Kier molecular flexibility index (Phi) is 15.9. The molecule has 2 nitrogen and oxygen atoms in total. The lowest BCUT2D eigenvalue weighted by Gasteiger charge is -2.58. The molecule has 0 N–H and O–H groups in total. The molecule has 3 fully saturated rings. The van der Waals surface area contributed by atoms with Gasteiger partial charge in [-0.05, 0) is 92.3 Å². The van der Waals surface area contributed by atoms with Crippen LogP contribution in [0.15, 0.2) is 11.6 Å². The van der Waals surface area contributed by atoms with Crippen LogP contribution in [0.1, 0.15) is 214 Å². The molecule has 0 aromatic rings. The van der Waals surface area contributed by atoms with Crippen molar-refractivity contribution in [3.8, 4) is 0 Å². The molecule has 0 heterocycles. The molecule has 3 saturated carbocycles. The number of carbonyl (C=O) groups is 1. The van der Waals surface area contributed by atoms with Gasteiger partial charge >= 0.3 is 5.97 Å². The zero-order valence-electron chi connectivity index (χ0n) is 30.8. The van der Waals surface area contributed by atoms with Gasteiger partial charge in [-0.25, -0.2) is 0 Å². The molecule has 45 heavy (non-hydrogen) atoms. The molecule has 7 unspecified atom stereocenters. The molecule has 260 valence electrons. The summed E-state index contributed by atoms with van der Waals surface area (Å²) in [6, 6.07) is 0. The number of unbranched alkanes of at least 4 members (excludes halogenated alkanes) is 17. The number of fused-ring (bicyclic) bond motifs is 5. The number of carbonyl (C=O) groups excluding carboxylic acids is 1. The molecule has 0 aromatic carbocycles. The summed E-state index contributed by atoms with van der Waals surface area (Å²) in [6.07, 6.45) is 41.4. The van der Waals surface area contributed by atoms with Crippen molar-refractivity contribution in [1.29, 1.82) is 0 Å². The molecule has 2 heteroatoms. The van der Waals surface area contributed by atoms with Crippen molar-refractivity contribution in [2.75, 3.05) is 0 Å². The maximum absolute atomic E-state index is 12.8. The van der Waals surface area contributed by atoms with Gasteiger partial charge in [0.1, 0.15) is 6.10 Å². The highest BCUT2D eigenvalue weighted by Crippen LogP contribution is 2.66. The first-order valence-corrected chi connectivity index (χ1v) is 20.8. The monoisotopic (exact) mass is 625 g/mol. The van der Waals surface area contributed by atoms with Crippen molar-refractivity contribution in [1.82, 2.24) is 0 Å². The van der Waals surface area contributed by atoms with Gasteiger partial charge in [-0.3, -0.25) is 4.79 Å². The Morgan fingerprint density at radius 3 is 1.89 bits per heavy atom. The van der Waals surface area contributed by atoms with Crippen LogP contribution in [0, 0.1) is 34.5 Å². The largest absolute Gasteiger partial charge is 0.462 e. The van der Waals surface area contributed by atoms with Crippen molar-refractivity contribution >= 4 is 5.97 Å². The van der Waals surface area contributed by atoms with Gasteiger partial charge in [-0.2, -0.15) is 0 Å². The summed E-state index contributed by atoms with van der Waals surface area (Å²) in [5.74, 6) is 3.72. The fourth-order valence-corrected chi connectivity index (χ4v) is 11.0. The van der Waals surface area contributed by atoms with Crippen LogP contribution in [0.5, 0.6) is 0 Å². The second-order valence-electron chi connectivity index (χ2n) is 17.0. The molecule has 0 radical (unpaired) electrons. The van der Waals surface area contributed by atoms with Gasteiger partial charge in [0, 0.05) is 12.8 Å². The molecule has 0 aliphatic heterocycles. The van der Waals surface area contributed by atoms with E-state index in [9.17, 15) is 4.79 Å². The summed E-state index contributed by atoms with van der Waals surface area (Å²) in [4.78, 5) is 12.8. The van der Waals surface area contributed by atoms with Gasteiger partial charge in [0.2, 0.25) is 0 Å².